The number of hydrogen-bond acceptors (Lipinski definition) is 4. The molecule has 0 saturated carbocycles. The fraction of sp³-hybridized carbons (Fsp3) is 0.500. The van der Waals surface area contributed by atoms with Crippen LogP contribution in [0.3, 0.4) is 0 Å². The van der Waals surface area contributed by atoms with Gasteiger partial charge in [0.15, 0.2) is 0 Å². The first-order chi connectivity index (χ1) is 9.60. The molecule has 1 aromatic carbocycles. The summed E-state index contributed by atoms with van der Waals surface area (Å²) in [6.07, 6.45) is 1.05. The van der Waals surface area contributed by atoms with Gasteiger partial charge >= 0.3 is 0 Å². The minimum Gasteiger partial charge on any atom is -0.492 e. The quantitative estimate of drug-likeness (QED) is 0.801. The smallest absolute Gasteiger partial charge is 0.240 e. The molecule has 1 saturated heterocycles. The molecule has 1 aliphatic rings. The maximum atomic E-state index is 12.7. The zero-order valence-corrected chi connectivity index (χ0v) is 12.5. The average molecular weight is 319 g/mol. The van der Waals surface area contributed by atoms with Gasteiger partial charge in [0.25, 0.3) is 0 Å². The van der Waals surface area contributed by atoms with Crippen molar-refractivity contribution >= 4 is 18.3 Å². The third-order valence-corrected chi connectivity index (χ3v) is 3.31. The number of carbonyl (C=O) groups excluding carboxylic acids is 1. The van der Waals surface area contributed by atoms with Gasteiger partial charge in [0.1, 0.15) is 18.2 Å². The zero-order valence-electron chi connectivity index (χ0n) is 11.6. The monoisotopic (exact) mass is 318 g/mol. The summed E-state index contributed by atoms with van der Waals surface area (Å²) >= 11 is 0. The van der Waals surface area contributed by atoms with Crippen molar-refractivity contribution < 1.29 is 18.7 Å². The highest BCUT2D eigenvalue weighted by atomic mass is 35.5. The standard InChI is InChI=1S/C14H19FN2O3.ClH/c15-11-1-3-12(4-2-11)20-10-7-17-13(18)14(16)5-8-19-9-6-14;/h1-4H,5-10,16H2,(H,17,18);1H. The van der Waals surface area contributed by atoms with Gasteiger partial charge in [-0.1, -0.05) is 0 Å². The summed E-state index contributed by atoms with van der Waals surface area (Å²) in [5, 5.41) is 2.76. The van der Waals surface area contributed by atoms with Gasteiger partial charge in [-0.25, -0.2) is 4.39 Å². The molecule has 0 aromatic heterocycles. The van der Waals surface area contributed by atoms with Crippen LogP contribution in [-0.4, -0.2) is 37.8 Å². The van der Waals surface area contributed by atoms with Gasteiger partial charge < -0.3 is 20.5 Å². The number of nitrogens with one attached hydrogen (secondary N) is 1. The highest BCUT2D eigenvalue weighted by Crippen LogP contribution is 2.17. The topological polar surface area (TPSA) is 73.6 Å². The van der Waals surface area contributed by atoms with Gasteiger partial charge in [0.2, 0.25) is 5.91 Å². The van der Waals surface area contributed by atoms with Crippen LogP contribution in [0.2, 0.25) is 0 Å². The lowest BCUT2D eigenvalue weighted by Crippen LogP contribution is -2.57. The van der Waals surface area contributed by atoms with E-state index in [0.717, 1.165) is 0 Å². The number of amides is 1. The predicted molar refractivity (Wildman–Crippen MR) is 79.1 cm³/mol. The lowest BCUT2D eigenvalue weighted by molar-refractivity contribution is -0.129. The summed E-state index contributed by atoms with van der Waals surface area (Å²) in [5.74, 6) is 0.0768. The van der Waals surface area contributed by atoms with Crippen LogP contribution < -0.4 is 15.8 Å². The Labute approximate surface area is 129 Å². The minimum absolute atomic E-state index is 0. The fourth-order valence-corrected chi connectivity index (χ4v) is 2.00. The zero-order chi connectivity index (χ0) is 14.4. The second-order valence-electron chi connectivity index (χ2n) is 4.83. The molecule has 0 bridgehead atoms. The fourth-order valence-electron chi connectivity index (χ4n) is 2.00. The predicted octanol–water partition coefficient (Wildman–Crippen LogP) is 1.25. The van der Waals surface area contributed by atoms with E-state index in [-0.39, 0.29) is 24.1 Å². The molecule has 118 valence electrons. The molecule has 0 spiro atoms. The van der Waals surface area contributed by atoms with Crippen molar-refractivity contribution in [3.8, 4) is 5.75 Å². The van der Waals surface area contributed by atoms with E-state index in [1.165, 1.54) is 12.1 Å². The lowest BCUT2D eigenvalue weighted by atomic mass is 9.90. The number of hydrogen-bond donors (Lipinski definition) is 2. The number of halogens is 2. The second kappa shape index (κ2) is 8.17. The van der Waals surface area contributed by atoms with Crippen molar-refractivity contribution in [2.24, 2.45) is 5.73 Å². The molecule has 1 aromatic rings. The van der Waals surface area contributed by atoms with Crippen LogP contribution in [-0.2, 0) is 9.53 Å². The first-order valence-electron chi connectivity index (χ1n) is 6.63. The molecule has 0 radical (unpaired) electrons. The Balaban J connectivity index is 0.00000220. The van der Waals surface area contributed by atoms with E-state index in [1.807, 2.05) is 0 Å². The van der Waals surface area contributed by atoms with E-state index >= 15 is 0 Å². The number of carbonyl (C=O) groups is 1. The number of nitrogens with two attached hydrogens (primary N) is 1. The minimum atomic E-state index is -0.839. The molecule has 1 amide bonds. The van der Waals surface area contributed by atoms with Crippen molar-refractivity contribution in [2.75, 3.05) is 26.4 Å². The molecule has 1 fully saturated rings. The molecule has 7 heteroatoms. The highest BCUT2D eigenvalue weighted by molar-refractivity contribution is 5.86. The Morgan fingerprint density at radius 3 is 2.57 bits per heavy atom. The Morgan fingerprint density at radius 2 is 1.95 bits per heavy atom. The van der Waals surface area contributed by atoms with E-state index in [9.17, 15) is 9.18 Å². The molecule has 21 heavy (non-hydrogen) atoms. The lowest BCUT2D eigenvalue weighted by Gasteiger charge is -2.31. The van der Waals surface area contributed by atoms with E-state index in [2.05, 4.69) is 5.32 Å². The van der Waals surface area contributed by atoms with Crippen LogP contribution in [0.25, 0.3) is 0 Å². The molecule has 2 rings (SSSR count). The van der Waals surface area contributed by atoms with Gasteiger partial charge in [-0.05, 0) is 37.1 Å². The van der Waals surface area contributed by atoms with Crippen LogP contribution >= 0.6 is 12.4 Å². The van der Waals surface area contributed by atoms with Crippen molar-refractivity contribution in [3.05, 3.63) is 30.1 Å². The number of ether oxygens (including phenoxy) is 2. The molecular weight excluding hydrogens is 299 g/mol. The molecule has 0 unspecified atom stereocenters. The molecule has 1 heterocycles. The van der Waals surface area contributed by atoms with Crippen molar-refractivity contribution in [1.82, 2.24) is 5.32 Å². The van der Waals surface area contributed by atoms with Gasteiger partial charge in [-0.15, -0.1) is 12.4 Å². The summed E-state index contributed by atoms with van der Waals surface area (Å²) in [6, 6.07) is 5.73. The molecule has 1 aliphatic heterocycles. The number of benzene rings is 1. The van der Waals surface area contributed by atoms with Crippen LogP contribution in [0.5, 0.6) is 5.75 Å². The van der Waals surface area contributed by atoms with E-state index < -0.39 is 5.54 Å². The third kappa shape index (κ3) is 5.15. The van der Waals surface area contributed by atoms with Gasteiger partial charge in [0, 0.05) is 13.2 Å². The SMILES string of the molecule is Cl.NC1(C(=O)NCCOc2ccc(F)cc2)CCOCC1. The van der Waals surface area contributed by atoms with Crippen LogP contribution in [0, 0.1) is 5.82 Å². The molecule has 3 N–H and O–H groups in total. The third-order valence-electron chi connectivity index (χ3n) is 3.31. The van der Waals surface area contributed by atoms with Crippen LogP contribution in [0.1, 0.15) is 12.8 Å². The molecule has 0 atom stereocenters. The van der Waals surface area contributed by atoms with Crippen LogP contribution in [0.4, 0.5) is 4.39 Å². The van der Waals surface area contributed by atoms with Crippen molar-refractivity contribution in [1.29, 1.82) is 0 Å². The van der Waals surface area contributed by atoms with Gasteiger partial charge in [0.05, 0.1) is 12.1 Å². The molecular formula is C14H20ClFN2O3. The average Bonchev–Trinajstić information content (AvgIpc) is 2.46. The maximum Gasteiger partial charge on any atom is 0.240 e. The summed E-state index contributed by atoms with van der Waals surface area (Å²) in [7, 11) is 0. The Kier molecular flexibility index (Phi) is 6.87. The first kappa shape index (κ1) is 17.7. The maximum absolute atomic E-state index is 12.7. The van der Waals surface area contributed by atoms with Gasteiger partial charge in [-0.3, -0.25) is 4.79 Å². The first-order valence-corrected chi connectivity index (χ1v) is 6.63. The largest absolute Gasteiger partial charge is 0.492 e. The van der Waals surface area contributed by atoms with Crippen molar-refractivity contribution in [2.45, 2.75) is 18.4 Å². The van der Waals surface area contributed by atoms with E-state index in [0.29, 0.717) is 45.0 Å². The Hall–Kier alpha value is -1.37. The van der Waals surface area contributed by atoms with Crippen molar-refractivity contribution in [3.63, 3.8) is 0 Å². The molecule has 0 aliphatic carbocycles. The van der Waals surface area contributed by atoms with E-state index in [1.54, 1.807) is 12.1 Å². The Bertz CT molecular complexity index is 450. The van der Waals surface area contributed by atoms with Crippen LogP contribution in [0.15, 0.2) is 24.3 Å². The highest BCUT2D eigenvalue weighted by Gasteiger charge is 2.35. The second-order valence-corrected chi connectivity index (χ2v) is 4.83. The summed E-state index contributed by atoms with van der Waals surface area (Å²) in [6.45, 7) is 1.69. The summed E-state index contributed by atoms with van der Waals surface area (Å²) in [5.41, 5.74) is 5.20. The number of rotatable bonds is 5. The van der Waals surface area contributed by atoms with E-state index in [4.69, 9.17) is 15.2 Å². The normalized spacial score (nSPS) is 16.7. The Morgan fingerprint density at radius 1 is 1.33 bits per heavy atom. The molecule has 5 nitrogen and oxygen atoms in total. The summed E-state index contributed by atoms with van der Waals surface area (Å²) < 4.78 is 23.3. The van der Waals surface area contributed by atoms with Gasteiger partial charge in [-0.2, -0.15) is 0 Å². The summed E-state index contributed by atoms with van der Waals surface area (Å²) in [4.78, 5) is 12.0.